The number of ether oxygens (including phenoxy) is 4. The molecule has 0 aromatic heterocycles. The van der Waals surface area contributed by atoms with Crippen LogP contribution in [0, 0.1) is 0 Å². The van der Waals surface area contributed by atoms with Crippen molar-refractivity contribution in [3.8, 4) is 0 Å². The molecule has 0 spiro atoms. The Hall–Kier alpha value is -0.963. The van der Waals surface area contributed by atoms with Gasteiger partial charge in [0.25, 0.3) is 5.91 Å². The van der Waals surface area contributed by atoms with Gasteiger partial charge in [0.1, 0.15) is 6.10 Å². The maximum Gasteiger partial charge on any atom is 0.303 e. The molecule has 19 heavy (non-hydrogen) atoms. The summed E-state index contributed by atoms with van der Waals surface area (Å²) in [6.45, 7) is 4.43. The number of hydrogen-bond donors (Lipinski definition) is 1. The van der Waals surface area contributed by atoms with Gasteiger partial charge < -0.3 is 24.7 Å². The number of methoxy groups -OCH3 is 3. The number of carbonyl (C=O) groups is 2. The molecule has 0 saturated carbocycles. The maximum absolute atomic E-state index is 11.6. The van der Waals surface area contributed by atoms with E-state index in [-0.39, 0.29) is 0 Å². The van der Waals surface area contributed by atoms with E-state index in [2.05, 4.69) is 0 Å². The van der Waals surface area contributed by atoms with Crippen molar-refractivity contribution < 1.29 is 28.5 Å². The van der Waals surface area contributed by atoms with Gasteiger partial charge in [0.05, 0.1) is 0 Å². The molecule has 0 aromatic rings. The van der Waals surface area contributed by atoms with Crippen LogP contribution in [0.4, 0.5) is 0 Å². The molecule has 2 unspecified atom stereocenters. The number of esters is 1. The van der Waals surface area contributed by atoms with Gasteiger partial charge in [0, 0.05) is 28.3 Å². The van der Waals surface area contributed by atoms with Gasteiger partial charge in [-0.3, -0.25) is 9.59 Å². The van der Waals surface area contributed by atoms with Crippen molar-refractivity contribution in [1.82, 2.24) is 0 Å². The topological polar surface area (TPSA) is 97.1 Å². The van der Waals surface area contributed by atoms with Gasteiger partial charge in [-0.05, 0) is 13.8 Å². The minimum atomic E-state index is -1.60. The van der Waals surface area contributed by atoms with Crippen LogP contribution in [0.1, 0.15) is 20.8 Å². The molecule has 0 fully saturated rings. The molecule has 7 nitrogen and oxygen atoms in total. The van der Waals surface area contributed by atoms with E-state index in [1.54, 1.807) is 6.92 Å². The number of carbonyl (C=O) groups excluding carboxylic acids is 2. The average molecular weight is 293 g/mol. The van der Waals surface area contributed by atoms with Crippen LogP contribution in [-0.4, -0.2) is 59.5 Å². The van der Waals surface area contributed by atoms with E-state index < -0.39 is 38.1 Å². The van der Waals surface area contributed by atoms with E-state index in [9.17, 15) is 9.59 Å². The maximum atomic E-state index is 11.6. The lowest BCUT2D eigenvalue weighted by atomic mass is 10.3. The fourth-order valence-electron chi connectivity index (χ4n) is 1.84. The molecule has 2 N–H and O–H groups in total. The van der Waals surface area contributed by atoms with Crippen LogP contribution in [0.5, 0.6) is 0 Å². The normalized spacial score (nSPS) is 17.2. The summed E-state index contributed by atoms with van der Waals surface area (Å²) < 4.78 is 21.1. The van der Waals surface area contributed by atoms with Crippen LogP contribution < -0.4 is 5.73 Å². The van der Waals surface area contributed by atoms with Crippen molar-refractivity contribution in [3.05, 3.63) is 0 Å². The molecular weight excluding hydrogens is 270 g/mol. The zero-order valence-electron chi connectivity index (χ0n) is 12.3. The van der Waals surface area contributed by atoms with E-state index >= 15 is 0 Å². The minimum absolute atomic E-state index is 0.441. The first kappa shape index (κ1) is 18.0. The molecule has 0 aliphatic carbocycles. The molecule has 0 aromatic carbocycles. The van der Waals surface area contributed by atoms with Crippen LogP contribution in [0.3, 0.4) is 0 Å². The van der Waals surface area contributed by atoms with Gasteiger partial charge in [-0.2, -0.15) is 0 Å². The lowest BCUT2D eigenvalue weighted by Gasteiger charge is -2.40. The molecule has 0 heterocycles. The fraction of sp³-hybridized carbons (Fsp3) is 0.818. The summed E-state index contributed by atoms with van der Waals surface area (Å²) in [4.78, 5) is 22.8. The lowest BCUT2D eigenvalue weighted by Crippen LogP contribution is -2.63. The Morgan fingerprint density at radius 2 is 1.68 bits per heavy atom. The molecule has 112 valence electrons. The standard InChI is InChI=1S/C11H23NO6Si/c1-7(15-4)11(16-5,17-6)19-10(3,9(12)14)18-8(2)13/h7H,19H2,1-6H3,(H2,12,14). The molecule has 0 rings (SSSR count). The Balaban J connectivity index is 5.38. The first-order valence-corrected chi connectivity index (χ1v) is 7.21. The van der Waals surface area contributed by atoms with Crippen molar-refractivity contribution in [3.63, 3.8) is 0 Å². The number of primary amides is 1. The van der Waals surface area contributed by atoms with Gasteiger partial charge in [-0.15, -0.1) is 0 Å². The molecule has 0 aliphatic heterocycles. The van der Waals surface area contributed by atoms with Gasteiger partial charge >= 0.3 is 5.97 Å². The van der Waals surface area contributed by atoms with E-state index in [1.807, 2.05) is 0 Å². The second-order valence-electron chi connectivity index (χ2n) is 4.46. The Labute approximate surface area is 115 Å². The predicted octanol–water partition coefficient (Wildman–Crippen LogP) is -1.10. The summed E-state index contributed by atoms with van der Waals surface area (Å²) in [5, 5.41) is -1.41. The summed E-state index contributed by atoms with van der Waals surface area (Å²) in [5.74, 6) is -1.31. The highest BCUT2D eigenvalue weighted by atomic mass is 28.2. The summed E-state index contributed by atoms with van der Waals surface area (Å²) in [7, 11) is 2.79. The Bertz CT molecular complexity index is 333. The predicted molar refractivity (Wildman–Crippen MR) is 71.1 cm³/mol. The van der Waals surface area contributed by atoms with E-state index in [0.717, 1.165) is 0 Å². The second-order valence-corrected chi connectivity index (χ2v) is 7.15. The van der Waals surface area contributed by atoms with Gasteiger partial charge in [-0.1, -0.05) is 0 Å². The monoisotopic (exact) mass is 293 g/mol. The summed E-state index contributed by atoms with van der Waals surface area (Å²) in [6.07, 6.45) is -0.441. The van der Waals surface area contributed by atoms with Crippen LogP contribution in [0.2, 0.25) is 0 Å². The zero-order chi connectivity index (χ0) is 15.3. The molecule has 0 bridgehead atoms. The number of rotatable bonds is 8. The van der Waals surface area contributed by atoms with Crippen molar-refractivity contribution in [2.24, 2.45) is 5.73 Å². The average Bonchev–Trinajstić information content (AvgIpc) is 2.34. The number of amides is 1. The van der Waals surface area contributed by atoms with Crippen molar-refractivity contribution in [1.29, 1.82) is 0 Å². The van der Waals surface area contributed by atoms with Crippen LogP contribution >= 0.6 is 0 Å². The Kier molecular flexibility index (Phi) is 6.64. The van der Waals surface area contributed by atoms with Gasteiger partial charge in [0.15, 0.2) is 20.2 Å². The van der Waals surface area contributed by atoms with Crippen LogP contribution in [0.25, 0.3) is 0 Å². The Morgan fingerprint density at radius 1 is 1.21 bits per heavy atom. The van der Waals surface area contributed by atoms with Crippen molar-refractivity contribution in [2.75, 3.05) is 21.3 Å². The molecule has 0 saturated heterocycles. The minimum Gasteiger partial charge on any atom is -0.454 e. The highest BCUT2D eigenvalue weighted by molar-refractivity contribution is 6.49. The van der Waals surface area contributed by atoms with E-state index in [0.29, 0.717) is 0 Å². The third kappa shape index (κ3) is 4.27. The van der Waals surface area contributed by atoms with Gasteiger partial charge in [0.2, 0.25) is 0 Å². The summed E-state index contributed by atoms with van der Waals surface area (Å²) >= 11 is 0. The largest absolute Gasteiger partial charge is 0.454 e. The molecule has 2 atom stereocenters. The number of hydrogen-bond acceptors (Lipinski definition) is 6. The molecular formula is C11H23NO6Si. The summed E-state index contributed by atoms with van der Waals surface area (Å²) in [6, 6.07) is 0. The molecule has 0 radical (unpaired) electrons. The third-order valence-electron chi connectivity index (χ3n) is 3.14. The van der Waals surface area contributed by atoms with Gasteiger partial charge in [-0.25, -0.2) is 0 Å². The van der Waals surface area contributed by atoms with Crippen molar-refractivity contribution in [2.45, 2.75) is 37.5 Å². The fourth-order valence-corrected chi connectivity index (χ4v) is 3.98. The first-order chi connectivity index (χ1) is 8.67. The first-order valence-electron chi connectivity index (χ1n) is 5.80. The van der Waals surface area contributed by atoms with E-state index in [1.165, 1.54) is 35.2 Å². The van der Waals surface area contributed by atoms with E-state index in [4.69, 9.17) is 24.7 Å². The molecule has 0 aliphatic rings. The third-order valence-corrected chi connectivity index (χ3v) is 5.95. The molecule has 1 amide bonds. The van der Waals surface area contributed by atoms with Crippen LogP contribution in [-0.2, 0) is 28.5 Å². The van der Waals surface area contributed by atoms with Crippen molar-refractivity contribution >= 4 is 21.4 Å². The smallest absolute Gasteiger partial charge is 0.303 e. The summed E-state index contributed by atoms with van der Waals surface area (Å²) in [5.41, 5.74) is 4.23. The quantitative estimate of drug-likeness (QED) is 0.347. The molecule has 8 heteroatoms. The SMILES string of the molecule is COC(C)C(OC)(OC)[SiH2]C(C)(OC(C)=O)C(N)=O. The lowest BCUT2D eigenvalue weighted by molar-refractivity contribution is -0.209. The highest BCUT2D eigenvalue weighted by Gasteiger charge is 2.49. The number of nitrogens with two attached hydrogens (primary N) is 1. The zero-order valence-corrected chi connectivity index (χ0v) is 13.7. The Morgan fingerprint density at radius 3 is 1.95 bits per heavy atom. The highest BCUT2D eigenvalue weighted by Crippen LogP contribution is 2.24. The van der Waals surface area contributed by atoms with Crippen LogP contribution in [0.15, 0.2) is 0 Å². The second kappa shape index (κ2) is 6.99.